The van der Waals surface area contributed by atoms with Crippen LogP contribution in [0.4, 0.5) is 23.7 Å². The standard InChI is InChI=1S/C21H15F3N4O2/c1-13-25-9-7-19(26-13)30-17-5-6-18-14(11-17)8-10-28(18)20(29)27-16-4-2-3-15(12-16)21(22,23)24/h2-12H,1H3,(H,27,29). The predicted molar refractivity (Wildman–Crippen MR) is 105 cm³/mol. The molecule has 0 atom stereocenters. The van der Waals surface area contributed by atoms with Gasteiger partial charge < -0.3 is 10.1 Å². The van der Waals surface area contributed by atoms with Gasteiger partial charge in [0.05, 0.1) is 11.1 Å². The summed E-state index contributed by atoms with van der Waals surface area (Å²) in [5.74, 6) is 1.49. The molecule has 2 heterocycles. The molecule has 0 unspecified atom stereocenters. The Bertz CT molecular complexity index is 1230. The number of hydrogen-bond acceptors (Lipinski definition) is 4. The van der Waals surface area contributed by atoms with Gasteiger partial charge in [0.25, 0.3) is 0 Å². The second-order valence-corrected chi connectivity index (χ2v) is 6.46. The number of rotatable bonds is 3. The van der Waals surface area contributed by atoms with E-state index in [-0.39, 0.29) is 5.69 Å². The van der Waals surface area contributed by atoms with Crippen LogP contribution in [-0.2, 0) is 6.18 Å². The van der Waals surface area contributed by atoms with E-state index in [0.717, 1.165) is 17.5 Å². The number of aromatic nitrogens is 3. The molecular weight excluding hydrogens is 397 g/mol. The van der Waals surface area contributed by atoms with Crippen molar-refractivity contribution < 1.29 is 22.7 Å². The largest absolute Gasteiger partial charge is 0.439 e. The normalized spacial score (nSPS) is 11.5. The van der Waals surface area contributed by atoms with Gasteiger partial charge >= 0.3 is 12.2 Å². The van der Waals surface area contributed by atoms with E-state index in [4.69, 9.17) is 4.74 Å². The van der Waals surface area contributed by atoms with Crippen molar-refractivity contribution >= 4 is 22.6 Å². The molecule has 1 N–H and O–H groups in total. The number of nitrogens with zero attached hydrogens (tertiary/aromatic N) is 3. The first-order valence-corrected chi connectivity index (χ1v) is 8.87. The highest BCUT2D eigenvalue weighted by Crippen LogP contribution is 2.31. The van der Waals surface area contributed by atoms with Crippen LogP contribution in [0.25, 0.3) is 10.9 Å². The highest BCUT2D eigenvalue weighted by atomic mass is 19.4. The molecule has 152 valence electrons. The average molecular weight is 412 g/mol. The molecule has 0 aliphatic rings. The second-order valence-electron chi connectivity index (χ2n) is 6.46. The summed E-state index contributed by atoms with van der Waals surface area (Å²) in [4.78, 5) is 20.8. The molecule has 0 aliphatic carbocycles. The van der Waals surface area contributed by atoms with Crippen molar-refractivity contribution in [1.29, 1.82) is 0 Å². The Morgan fingerprint density at radius 3 is 2.70 bits per heavy atom. The minimum Gasteiger partial charge on any atom is -0.439 e. The fourth-order valence-corrected chi connectivity index (χ4v) is 2.93. The van der Waals surface area contributed by atoms with E-state index in [1.54, 1.807) is 43.5 Å². The van der Waals surface area contributed by atoms with Crippen molar-refractivity contribution in [2.24, 2.45) is 0 Å². The molecule has 0 bridgehead atoms. The molecule has 0 saturated carbocycles. The van der Waals surface area contributed by atoms with Crippen molar-refractivity contribution in [3.63, 3.8) is 0 Å². The van der Waals surface area contributed by atoms with Crippen LogP contribution >= 0.6 is 0 Å². The Hall–Kier alpha value is -3.88. The molecule has 9 heteroatoms. The first kappa shape index (κ1) is 19.4. The summed E-state index contributed by atoms with van der Waals surface area (Å²) >= 11 is 0. The van der Waals surface area contributed by atoms with Gasteiger partial charge in [-0.25, -0.2) is 9.78 Å². The van der Waals surface area contributed by atoms with Gasteiger partial charge in [0.1, 0.15) is 11.6 Å². The quantitative estimate of drug-likeness (QED) is 0.473. The first-order valence-electron chi connectivity index (χ1n) is 8.87. The lowest BCUT2D eigenvalue weighted by atomic mass is 10.2. The molecule has 0 radical (unpaired) electrons. The van der Waals surface area contributed by atoms with Gasteiger partial charge in [-0.05, 0) is 49.4 Å². The number of fused-ring (bicyclic) bond motifs is 1. The van der Waals surface area contributed by atoms with Crippen LogP contribution in [-0.4, -0.2) is 20.6 Å². The van der Waals surface area contributed by atoms with Crippen LogP contribution in [0.15, 0.2) is 67.0 Å². The maximum absolute atomic E-state index is 12.9. The lowest BCUT2D eigenvalue weighted by molar-refractivity contribution is -0.137. The highest BCUT2D eigenvalue weighted by molar-refractivity contribution is 5.98. The van der Waals surface area contributed by atoms with Gasteiger partial charge in [-0.2, -0.15) is 18.2 Å². The van der Waals surface area contributed by atoms with Crippen LogP contribution in [0.2, 0.25) is 0 Å². The summed E-state index contributed by atoms with van der Waals surface area (Å²) in [5, 5.41) is 3.21. The Balaban J connectivity index is 1.55. The highest BCUT2D eigenvalue weighted by Gasteiger charge is 2.30. The second kappa shape index (κ2) is 7.51. The third-order valence-corrected chi connectivity index (χ3v) is 4.29. The van der Waals surface area contributed by atoms with Crippen molar-refractivity contribution in [2.75, 3.05) is 5.32 Å². The number of carbonyl (C=O) groups excluding carboxylic acids is 1. The molecular formula is C21H15F3N4O2. The zero-order chi connectivity index (χ0) is 21.3. The van der Waals surface area contributed by atoms with E-state index in [0.29, 0.717) is 23.0 Å². The summed E-state index contributed by atoms with van der Waals surface area (Å²) in [5.41, 5.74) is -0.208. The minimum absolute atomic E-state index is 0.0516. The third-order valence-electron chi connectivity index (χ3n) is 4.29. The van der Waals surface area contributed by atoms with E-state index in [1.807, 2.05) is 0 Å². The molecule has 0 aliphatic heterocycles. The zero-order valence-electron chi connectivity index (χ0n) is 15.6. The van der Waals surface area contributed by atoms with Gasteiger partial charge in [-0.15, -0.1) is 0 Å². The molecule has 2 aromatic heterocycles. The molecule has 30 heavy (non-hydrogen) atoms. The average Bonchev–Trinajstić information content (AvgIpc) is 3.11. The fraction of sp³-hybridized carbons (Fsp3) is 0.0952. The minimum atomic E-state index is -4.49. The Kier molecular flexibility index (Phi) is 4.86. The maximum atomic E-state index is 12.9. The molecule has 4 aromatic rings. The first-order chi connectivity index (χ1) is 14.3. The predicted octanol–water partition coefficient (Wildman–Crippen LogP) is 5.63. The van der Waals surface area contributed by atoms with Crippen LogP contribution < -0.4 is 10.1 Å². The number of carbonyl (C=O) groups is 1. The number of anilines is 1. The van der Waals surface area contributed by atoms with Crippen LogP contribution in [0.5, 0.6) is 11.6 Å². The van der Waals surface area contributed by atoms with Gasteiger partial charge in [0, 0.05) is 29.5 Å². The molecule has 0 fully saturated rings. The van der Waals surface area contributed by atoms with E-state index >= 15 is 0 Å². The Labute approximate surface area is 169 Å². The van der Waals surface area contributed by atoms with Gasteiger partial charge in [0.15, 0.2) is 0 Å². The van der Waals surface area contributed by atoms with E-state index in [1.165, 1.54) is 22.9 Å². The van der Waals surface area contributed by atoms with Crippen LogP contribution in [0, 0.1) is 6.92 Å². The van der Waals surface area contributed by atoms with Gasteiger partial charge in [-0.3, -0.25) is 4.57 Å². The zero-order valence-corrected chi connectivity index (χ0v) is 15.6. The number of hydrogen-bond donors (Lipinski definition) is 1. The van der Waals surface area contributed by atoms with E-state index in [9.17, 15) is 18.0 Å². The van der Waals surface area contributed by atoms with Gasteiger partial charge in [-0.1, -0.05) is 6.07 Å². The SMILES string of the molecule is Cc1nccc(Oc2ccc3c(ccn3C(=O)Nc3cccc(C(F)(F)F)c3)c2)n1. The number of benzene rings is 2. The van der Waals surface area contributed by atoms with Crippen molar-refractivity contribution in [2.45, 2.75) is 13.1 Å². The summed E-state index contributed by atoms with van der Waals surface area (Å²) in [6, 6.07) is 12.3. The molecule has 4 rings (SSSR count). The number of amides is 1. The van der Waals surface area contributed by atoms with Crippen molar-refractivity contribution in [1.82, 2.24) is 14.5 Å². The topological polar surface area (TPSA) is 69.0 Å². The fourth-order valence-electron chi connectivity index (χ4n) is 2.93. The van der Waals surface area contributed by atoms with E-state index in [2.05, 4.69) is 15.3 Å². The smallest absolute Gasteiger partial charge is 0.416 e. The van der Waals surface area contributed by atoms with E-state index < -0.39 is 17.8 Å². The number of halogens is 3. The summed E-state index contributed by atoms with van der Waals surface area (Å²) in [6.45, 7) is 1.75. The van der Waals surface area contributed by atoms with Crippen molar-refractivity contribution in [3.05, 3.63) is 78.4 Å². The molecule has 0 spiro atoms. The molecule has 2 aromatic carbocycles. The number of aryl methyl sites for hydroxylation is 1. The molecule has 1 amide bonds. The number of nitrogens with one attached hydrogen (secondary N) is 1. The maximum Gasteiger partial charge on any atom is 0.416 e. The van der Waals surface area contributed by atoms with Gasteiger partial charge in [0.2, 0.25) is 5.88 Å². The lowest BCUT2D eigenvalue weighted by Crippen LogP contribution is -2.18. The number of alkyl halides is 3. The monoisotopic (exact) mass is 412 g/mol. The lowest BCUT2D eigenvalue weighted by Gasteiger charge is -2.11. The summed E-state index contributed by atoms with van der Waals surface area (Å²) in [7, 11) is 0. The Morgan fingerprint density at radius 2 is 1.93 bits per heavy atom. The summed E-state index contributed by atoms with van der Waals surface area (Å²) < 4.78 is 45.6. The van der Waals surface area contributed by atoms with Crippen LogP contribution in [0.3, 0.4) is 0 Å². The third kappa shape index (κ3) is 4.09. The molecule has 0 saturated heterocycles. The summed E-state index contributed by atoms with van der Waals surface area (Å²) in [6.07, 6.45) is -1.36. The van der Waals surface area contributed by atoms with Crippen molar-refractivity contribution in [3.8, 4) is 11.6 Å². The molecule has 6 nitrogen and oxygen atoms in total. The Morgan fingerprint density at radius 1 is 1.10 bits per heavy atom. The number of ether oxygens (including phenoxy) is 1. The van der Waals surface area contributed by atoms with Crippen LogP contribution in [0.1, 0.15) is 11.4 Å².